The monoisotopic (exact) mass is 488 g/mol. The highest BCUT2D eigenvalue weighted by Gasteiger charge is 2.38. The molecule has 1 aliphatic rings. The fourth-order valence-electron chi connectivity index (χ4n) is 3.32. The number of fused-ring (bicyclic) bond motifs is 1. The van der Waals surface area contributed by atoms with Gasteiger partial charge < -0.3 is 15.3 Å². The molecule has 2 aromatic heterocycles. The molecule has 0 bridgehead atoms. The SMILES string of the molecule is Cn1c(=O)c2c(nc(N3CCNCC3)n2-c2cccc(Cl)c2)n(C)c1=O.O=C(O)C(F)(F)F. The van der Waals surface area contributed by atoms with Crippen LogP contribution in [0.2, 0.25) is 5.02 Å². The molecule has 0 spiro atoms. The Balaban J connectivity index is 0.000000383. The summed E-state index contributed by atoms with van der Waals surface area (Å²) in [5.41, 5.74) is 0.698. The van der Waals surface area contributed by atoms with Gasteiger partial charge in [0.25, 0.3) is 5.56 Å². The summed E-state index contributed by atoms with van der Waals surface area (Å²) in [5, 5.41) is 11.0. The number of anilines is 1. The molecule has 2 N–H and O–H groups in total. The molecule has 178 valence electrons. The number of alkyl halides is 3. The molecule has 33 heavy (non-hydrogen) atoms. The van der Waals surface area contributed by atoms with Gasteiger partial charge >= 0.3 is 17.8 Å². The lowest BCUT2D eigenvalue weighted by Crippen LogP contribution is -2.44. The number of imidazole rings is 1. The van der Waals surface area contributed by atoms with Crippen LogP contribution in [0.15, 0.2) is 33.9 Å². The first-order chi connectivity index (χ1) is 15.4. The summed E-state index contributed by atoms with van der Waals surface area (Å²) in [4.78, 5) is 40.9. The molecule has 1 aliphatic heterocycles. The minimum absolute atomic E-state index is 0.366. The lowest BCUT2D eigenvalue weighted by molar-refractivity contribution is -0.192. The highest BCUT2D eigenvalue weighted by atomic mass is 35.5. The van der Waals surface area contributed by atoms with Crippen molar-refractivity contribution in [1.82, 2.24) is 24.0 Å². The number of halogens is 4. The van der Waals surface area contributed by atoms with Crippen molar-refractivity contribution in [1.29, 1.82) is 0 Å². The molecule has 0 unspecified atom stereocenters. The van der Waals surface area contributed by atoms with E-state index in [0.29, 0.717) is 22.1 Å². The van der Waals surface area contributed by atoms with E-state index in [9.17, 15) is 22.8 Å². The van der Waals surface area contributed by atoms with Crippen molar-refractivity contribution in [2.45, 2.75) is 6.18 Å². The molecule has 3 heterocycles. The Morgan fingerprint density at radius 1 is 1.15 bits per heavy atom. The van der Waals surface area contributed by atoms with E-state index in [-0.39, 0.29) is 5.56 Å². The number of carboxylic acids is 1. The molecule has 1 saturated heterocycles. The second-order valence-electron chi connectivity index (χ2n) is 7.15. The zero-order valence-corrected chi connectivity index (χ0v) is 18.3. The molecule has 3 aromatic rings. The summed E-state index contributed by atoms with van der Waals surface area (Å²) >= 11 is 6.18. The number of benzene rings is 1. The lowest BCUT2D eigenvalue weighted by Gasteiger charge is -2.28. The van der Waals surface area contributed by atoms with Crippen molar-refractivity contribution < 1.29 is 23.1 Å². The zero-order chi connectivity index (χ0) is 24.5. The molecular weight excluding hydrogens is 469 g/mol. The van der Waals surface area contributed by atoms with E-state index in [1.807, 2.05) is 12.1 Å². The van der Waals surface area contributed by atoms with E-state index < -0.39 is 17.8 Å². The molecule has 1 aromatic carbocycles. The summed E-state index contributed by atoms with van der Waals surface area (Å²) in [7, 11) is 3.10. The fourth-order valence-corrected chi connectivity index (χ4v) is 3.51. The lowest BCUT2D eigenvalue weighted by atomic mass is 10.3. The Morgan fingerprint density at radius 2 is 1.76 bits per heavy atom. The normalized spacial score (nSPS) is 14.2. The van der Waals surface area contributed by atoms with Crippen LogP contribution in [-0.4, -0.2) is 62.1 Å². The van der Waals surface area contributed by atoms with E-state index in [1.54, 1.807) is 23.7 Å². The van der Waals surface area contributed by atoms with Crippen molar-refractivity contribution in [3.63, 3.8) is 0 Å². The second kappa shape index (κ2) is 9.27. The number of hydrogen-bond donors (Lipinski definition) is 2. The molecule has 0 radical (unpaired) electrons. The fraction of sp³-hybridized carbons (Fsp3) is 0.368. The van der Waals surface area contributed by atoms with Crippen molar-refractivity contribution in [2.24, 2.45) is 14.1 Å². The van der Waals surface area contributed by atoms with Crippen LogP contribution in [0, 0.1) is 0 Å². The molecule has 0 saturated carbocycles. The van der Waals surface area contributed by atoms with E-state index >= 15 is 0 Å². The van der Waals surface area contributed by atoms with Crippen LogP contribution < -0.4 is 21.5 Å². The zero-order valence-electron chi connectivity index (χ0n) is 17.6. The highest BCUT2D eigenvalue weighted by Crippen LogP contribution is 2.26. The number of hydrogen-bond acceptors (Lipinski definition) is 6. The van der Waals surface area contributed by atoms with E-state index in [0.717, 1.165) is 36.4 Å². The third kappa shape index (κ3) is 4.88. The maximum atomic E-state index is 12.9. The highest BCUT2D eigenvalue weighted by molar-refractivity contribution is 6.30. The largest absolute Gasteiger partial charge is 0.490 e. The third-order valence-electron chi connectivity index (χ3n) is 4.95. The van der Waals surface area contributed by atoms with Crippen molar-refractivity contribution in [2.75, 3.05) is 31.1 Å². The van der Waals surface area contributed by atoms with Crippen molar-refractivity contribution in [3.05, 3.63) is 50.1 Å². The molecule has 4 rings (SSSR count). The van der Waals surface area contributed by atoms with Crippen LogP contribution in [0.1, 0.15) is 0 Å². The smallest absolute Gasteiger partial charge is 0.475 e. The number of rotatable bonds is 2. The second-order valence-corrected chi connectivity index (χ2v) is 7.58. The van der Waals surface area contributed by atoms with Gasteiger partial charge in [0, 0.05) is 45.3 Å². The summed E-state index contributed by atoms with van der Waals surface area (Å²) in [6, 6.07) is 7.28. The minimum Gasteiger partial charge on any atom is -0.475 e. The maximum absolute atomic E-state index is 12.9. The van der Waals surface area contributed by atoms with Crippen LogP contribution in [-0.2, 0) is 18.9 Å². The summed E-state index contributed by atoms with van der Waals surface area (Å²) < 4.78 is 36.0. The predicted octanol–water partition coefficient (Wildman–Crippen LogP) is 1.12. The standard InChI is InChI=1S/C17H19ClN6O2.C2HF3O2/c1-21-14-13(15(25)22(2)17(21)26)24(12-5-3-4-11(18)10-12)16(20-14)23-8-6-19-7-9-23;3-2(4,5)1(6)7/h3-5,10,19H,6-9H2,1-2H3;(H,6,7). The Kier molecular flexibility index (Phi) is 6.84. The van der Waals surface area contributed by atoms with Crippen molar-refractivity contribution >= 4 is 34.7 Å². The summed E-state index contributed by atoms with van der Waals surface area (Å²) in [6.45, 7) is 3.18. The van der Waals surface area contributed by atoms with Gasteiger partial charge in [-0.05, 0) is 18.2 Å². The predicted molar refractivity (Wildman–Crippen MR) is 115 cm³/mol. The Morgan fingerprint density at radius 3 is 2.30 bits per heavy atom. The van der Waals surface area contributed by atoms with E-state index in [1.165, 1.54) is 11.6 Å². The van der Waals surface area contributed by atoms with Gasteiger partial charge in [-0.15, -0.1) is 0 Å². The number of aryl methyl sites for hydroxylation is 1. The van der Waals surface area contributed by atoms with Crippen LogP contribution in [0.3, 0.4) is 0 Å². The Labute approximate surface area is 189 Å². The number of nitrogens with zero attached hydrogens (tertiary/aromatic N) is 5. The molecular formula is C19H20ClF3N6O4. The van der Waals surface area contributed by atoms with Gasteiger partial charge in [0.15, 0.2) is 11.2 Å². The number of carbonyl (C=O) groups is 1. The number of aliphatic carboxylic acids is 1. The van der Waals surface area contributed by atoms with Gasteiger partial charge in [-0.3, -0.25) is 18.5 Å². The van der Waals surface area contributed by atoms with Gasteiger partial charge in [0.2, 0.25) is 5.95 Å². The first-order valence-corrected chi connectivity index (χ1v) is 10.0. The summed E-state index contributed by atoms with van der Waals surface area (Å²) in [6.07, 6.45) is -5.08. The Bertz CT molecular complexity index is 1310. The summed E-state index contributed by atoms with van der Waals surface area (Å²) in [5.74, 6) is -2.12. The molecule has 14 heteroatoms. The van der Waals surface area contributed by atoms with Crippen LogP contribution in [0.4, 0.5) is 19.1 Å². The topological polar surface area (TPSA) is 114 Å². The van der Waals surface area contributed by atoms with E-state index in [2.05, 4.69) is 15.2 Å². The number of aromatic nitrogens is 4. The van der Waals surface area contributed by atoms with Crippen LogP contribution >= 0.6 is 11.6 Å². The molecule has 10 nitrogen and oxygen atoms in total. The molecule has 0 amide bonds. The number of nitrogens with one attached hydrogen (secondary N) is 1. The molecule has 0 atom stereocenters. The quantitative estimate of drug-likeness (QED) is 0.555. The van der Waals surface area contributed by atoms with Gasteiger partial charge in [0.1, 0.15) is 0 Å². The van der Waals surface area contributed by atoms with Gasteiger partial charge in [-0.2, -0.15) is 18.2 Å². The number of piperazine rings is 1. The van der Waals surface area contributed by atoms with Gasteiger partial charge in [-0.1, -0.05) is 17.7 Å². The van der Waals surface area contributed by atoms with Crippen LogP contribution in [0.25, 0.3) is 16.9 Å². The van der Waals surface area contributed by atoms with Gasteiger partial charge in [0.05, 0.1) is 5.69 Å². The first-order valence-electron chi connectivity index (χ1n) is 9.63. The average Bonchev–Trinajstić information content (AvgIpc) is 3.17. The molecule has 0 aliphatic carbocycles. The van der Waals surface area contributed by atoms with E-state index in [4.69, 9.17) is 21.5 Å². The Hall–Kier alpha value is -3.32. The van der Waals surface area contributed by atoms with Gasteiger partial charge in [-0.25, -0.2) is 9.59 Å². The average molecular weight is 489 g/mol. The number of carboxylic acid groups (broad SMARTS) is 1. The van der Waals surface area contributed by atoms with Crippen molar-refractivity contribution in [3.8, 4) is 5.69 Å². The third-order valence-corrected chi connectivity index (χ3v) is 5.18. The minimum atomic E-state index is -5.08. The molecule has 1 fully saturated rings. The maximum Gasteiger partial charge on any atom is 0.490 e. The first kappa shape index (κ1) is 24.3. The van der Waals surface area contributed by atoms with Crippen LogP contribution in [0.5, 0.6) is 0 Å².